The number of rotatable bonds is 5. The molecule has 1 aromatic heterocycles. The minimum Gasteiger partial charge on any atom is -0.497 e. The van der Waals surface area contributed by atoms with Gasteiger partial charge in [-0.05, 0) is 37.2 Å². The fraction of sp³-hybridized carbons (Fsp3) is 0.400. The molecule has 2 aromatic rings. The number of nitrogens with zero attached hydrogens (tertiary/aromatic N) is 3. The normalized spacial score (nSPS) is 18.5. The van der Waals surface area contributed by atoms with Gasteiger partial charge in [-0.25, -0.2) is 0 Å². The minimum absolute atomic E-state index is 0.302. The third-order valence-electron chi connectivity index (χ3n) is 3.80. The molecular formula is C15H17N3O4. The lowest BCUT2D eigenvalue weighted by Crippen LogP contribution is -2.22. The van der Waals surface area contributed by atoms with E-state index in [2.05, 4.69) is 10.1 Å². The van der Waals surface area contributed by atoms with Crippen molar-refractivity contribution in [2.24, 2.45) is 5.92 Å². The second-order valence-electron chi connectivity index (χ2n) is 5.30. The van der Waals surface area contributed by atoms with Gasteiger partial charge in [0.05, 0.1) is 19.6 Å². The molecule has 1 N–H and O–H groups in total. The fourth-order valence-corrected chi connectivity index (χ4v) is 2.55. The quantitative estimate of drug-likeness (QED) is 0.898. The monoisotopic (exact) mass is 303 g/mol. The number of likely N-dealkylation sites (tertiary alicyclic amines) is 1. The highest BCUT2D eigenvalue weighted by molar-refractivity contribution is 5.70. The summed E-state index contributed by atoms with van der Waals surface area (Å²) < 4.78 is 10.4. The number of hydrogen-bond donors (Lipinski definition) is 1. The first-order valence-corrected chi connectivity index (χ1v) is 7.08. The van der Waals surface area contributed by atoms with Crippen LogP contribution in [0.4, 0.5) is 0 Å². The van der Waals surface area contributed by atoms with Crippen LogP contribution in [-0.2, 0) is 11.3 Å². The summed E-state index contributed by atoms with van der Waals surface area (Å²) in [7, 11) is 1.61. The number of carbonyl (C=O) groups is 1. The van der Waals surface area contributed by atoms with Gasteiger partial charge in [0.1, 0.15) is 5.75 Å². The fourth-order valence-electron chi connectivity index (χ4n) is 2.55. The highest BCUT2D eigenvalue weighted by Gasteiger charge is 2.28. The molecule has 116 valence electrons. The van der Waals surface area contributed by atoms with Crippen molar-refractivity contribution in [2.75, 3.05) is 20.2 Å². The number of aromatic nitrogens is 2. The van der Waals surface area contributed by atoms with Crippen LogP contribution < -0.4 is 4.74 Å². The van der Waals surface area contributed by atoms with E-state index in [4.69, 9.17) is 14.4 Å². The van der Waals surface area contributed by atoms with Gasteiger partial charge in [-0.1, -0.05) is 5.16 Å². The van der Waals surface area contributed by atoms with Crippen molar-refractivity contribution < 1.29 is 19.2 Å². The summed E-state index contributed by atoms with van der Waals surface area (Å²) in [5, 5.41) is 13.0. The Kier molecular flexibility index (Phi) is 4.06. The third-order valence-corrected chi connectivity index (χ3v) is 3.80. The van der Waals surface area contributed by atoms with Crippen LogP contribution in [-0.4, -0.2) is 46.3 Å². The Balaban J connectivity index is 1.65. The Hall–Kier alpha value is -2.41. The number of methoxy groups -OCH3 is 1. The number of ether oxygens (including phenoxy) is 1. The molecule has 22 heavy (non-hydrogen) atoms. The van der Waals surface area contributed by atoms with E-state index in [-0.39, 0.29) is 5.92 Å². The molecule has 7 heteroatoms. The molecule has 1 saturated heterocycles. The Morgan fingerprint density at radius 3 is 2.86 bits per heavy atom. The number of carboxylic acids is 1. The van der Waals surface area contributed by atoms with E-state index in [0.717, 1.165) is 17.9 Å². The van der Waals surface area contributed by atoms with Crippen LogP contribution in [0.25, 0.3) is 11.4 Å². The summed E-state index contributed by atoms with van der Waals surface area (Å²) in [4.78, 5) is 17.3. The molecule has 0 aliphatic carbocycles. The Morgan fingerprint density at radius 1 is 1.45 bits per heavy atom. The van der Waals surface area contributed by atoms with Gasteiger partial charge in [0.15, 0.2) is 0 Å². The molecule has 1 unspecified atom stereocenters. The predicted molar refractivity (Wildman–Crippen MR) is 77.3 cm³/mol. The summed E-state index contributed by atoms with van der Waals surface area (Å²) in [6.45, 7) is 1.74. The van der Waals surface area contributed by atoms with E-state index in [1.807, 2.05) is 29.2 Å². The van der Waals surface area contributed by atoms with Crippen molar-refractivity contribution in [3.8, 4) is 17.1 Å². The van der Waals surface area contributed by atoms with Gasteiger partial charge in [-0.2, -0.15) is 4.98 Å². The van der Waals surface area contributed by atoms with Gasteiger partial charge in [0.25, 0.3) is 0 Å². The molecule has 1 atom stereocenters. The second-order valence-corrected chi connectivity index (χ2v) is 5.30. The van der Waals surface area contributed by atoms with E-state index in [1.165, 1.54) is 0 Å². The van der Waals surface area contributed by atoms with Crippen molar-refractivity contribution in [1.29, 1.82) is 0 Å². The molecule has 2 heterocycles. The molecule has 1 aromatic carbocycles. The molecule has 3 rings (SSSR count). The SMILES string of the molecule is COc1ccc(-c2noc(CN3CCC(C(=O)O)C3)n2)cc1. The highest BCUT2D eigenvalue weighted by Crippen LogP contribution is 2.22. The summed E-state index contributed by atoms with van der Waals surface area (Å²) in [6, 6.07) is 7.40. The number of aliphatic carboxylic acids is 1. The van der Waals surface area contributed by atoms with Crippen LogP contribution in [0.3, 0.4) is 0 Å². The molecule has 7 nitrogen and oxygen atoms in total. The largest absolute Gasteiger partial charge is 0.497 e. The van der Waals surface area contributed by atoms with Crippen LogP contribution >= 0.6 is 0 Å². The summed E-state index contributed by atoms with van der Waals surface area (Å²) in [5.74, 6) is 0.740. The van der Waals surface area contributed by atoms with Crippen molar-refractivity contribution in [3.05, 3.63) is 30.2 Å². The second kappa shape index (κ2) is 6.15. The van der Waals surface area contributed by atoms with Gasteiger partial charge < -0.3 is 14.4 Å². The molecule has 0 saturated carbocycles. The zero-order valence-electron chi connectivity index (χ0n) is 12.2. The van der Waals surface area contributed by atoms with Crippen LogP contribution in [0, 0.1) is 5.92 Å². The van der Waals surface area contributed by atoms with Crippen molar-refractivity contribution >= 4 is 5.97 Å². The first-order valence-electron chi connectivity index (χ1n) is 7.08. The van der Waals surface area contributed by atoms with Crippen LogP contribution in [0.1, 0.15) is 12.3 Å². The minimum atomic E-state index is -0.744. The van der Waals surface area contributed by atoms with Crippen LogP contribution in [0.5, 0.6) is 5.75 Å². The number of carboxylic acid groups (broad SMARTS) is 1. The average molecular weight is 303 g/mol. The third kappa shape index (κ3) is 3.09. The average Bonchev–Trinajstić information content (AvgIpc) is 3.17. The summed E-state index contributed by atoms with van der Waals surface area (Å²) >= 11 is 0. The summed E-state index contributed by atoms with van der Waals surface area (Å²) in [6.07, 6.45) is 0.662. The maximum Gasteiger partial charge on any atom is 0.307 e. The summed E-state index contributed by atoms with van der Waals surface area (Å²) in [5.41, 5.74) is 0.848. The van der Waals surface area contributed by atoms with E-state index in [9.17, 15) is 4.79 Å². The standard InChI is InChI=1S/C15H17N3O4/c1-21-12-4-2-10(3-5-12)14-16-13(22-17-14)9-18-7-6-11(8-18)15(19)20/h2-5,11H,6-9H2,1H3,(H,19,20). The molecule has 1 fully saturated rings. The number of hydrogen-bond acceptors (Lipinski definition) is 6. The lowest BCUT2D eigenvalue weighted by molar-refractivity contribution is -0.141. The van der Waals surface area contributed by atoms with Gasteiger partial charge in [-0.15, -0.1) is 0 Å². The lowest BCUT2D eigenvalue weighted by Gasteiger charge is -2.11. The Morgan fingerprint density at radius 2 is 2.23 bits per heavy atom. The maximum absolute atomic E-state index is 11.0. The zero-order valence-corrected chi connectivity index (χ0v) is 12.2. The lowest BCUT2D eigenvalue weighted by atomic mass is 10.1. The first-order chi connectivity index (χ1) is 10.7. The first kappa shape index (κ1) is 14.5. The molecule has 0 spiro atoms. The molecule has 0 bridgehead atoms. The van der Waals surface area contributed by atoms with Crippen molar-refractivity contribution in [1.82, 2.24) is 15.0 Å². The van der Waals surface area contributed by atoms with Gasteiger partial charge in [0.2, 0.25) is 11.7 Å². The van der Waals surface area contributed by atoms with Crippen molar-refractivity contribution in [2.45, 2.75) is 13.0 Å². The van der Waals surface area contributed by atoms with Gasteiger partial charge >= 0.3 is 5.97 Å². The zero-order chi connectivity index (χ0) is 15.5. The van der Waals surface area contributed by atoms with E-state index >= 15 is 0 Å². The topological polar surface area (TPSA) is 88.7 Å². The molecule has 1 aliphatic heterocycles. The highest BCUT2D eigenvalue weighted by atomic mass is 16.5. The predicted octanol–water partition coefficient (Wildman–Crippen LogP) is 1.65. The van der Waals surface area contributed by atoms with E-state index in [1.54, 1.807) is 7.11 Å². The van der Waals surface area contributed by atoms with E-state index < -0.39 is 5.97 Å². The molecule has 0 radical (unpaired) electrons. The van der Waals surface area contributed by atoms with Crippen molar-refractivity contribution in [3.63, 3.8) is 0 Å². The van der Waals surface area contributed by atoms with E-state index in [0.29, 0.717) is 31.2 Å². The van der Waals surface area contributed by atoms with Gasteiger partial charge in [-0.3, -0.25) is 9.69 Å². The maximum atomic E-state index is 11.0. The molecule has 0 amide bonds. The molecular weight excluding hydrogens is 286 g/mol. The Labute approximate surface area is 127 Å². The van der Waals surface area contributed by atoms with Gasteiger partial charge in [0, 0.05) is 12.1 Å². The molecule has 1 aliphatic rings. The Bertz CT molecular complexity index is 653. The van der Waals surface area contributed by atoms with Crippen LogP contribution in [0.15, 0.2) is 28.8 Å². The smallest absolute Gasteiger partial charge is 0.307 e. The number of benzene rings is 1. The van der Waals surface area contributed by atoms with Crippen LogP contribution in [0.2, 0.25) is 0 Å².